The Balaban J connectivity index is 2.10. The molecule has 0 amide bonds. The van der Waals surface area contributed by atoms with Gasteiger partial charge in [-0.25, -0.2) is 0 Å². The molecule has 0 saturated carbocycles. The summed E-state index contributed by atoms with van der Waals surface area (Å²) in [7, 11) is 0. The van der Waals surface area contributed by atoms with Crippen LogP contribution in [-0.2, 0) is 0 Å². The lowest BCUT2D eigenvalue weighted by Gasteiger charge is -2.38. The summed E-state index contributed by atoms with van der Waals surface area (Å²) in [5, 5.41) is 0. The van der Waals surface area contributed by atoms with Crippen LogP contribution in [0.5, 0.6) is 0 Å². The van der Waals surface area contributed by atoms with Crippen LogP contribution in [0, 0.1) is 0 Å². The summed E-state index contributed by atoms with van der Waals surface area (Å²) >= 11 is 0. The molecule has 136 valence electrons. The zero-order valence-electron chi connectivity index (χ0n) is 15.0. The number of hydrogen-bond donors (Lipinski definition) is 0. The first-order valence-corrected chi connectivity index (χ1v) is 8.76. The van der Waals surface area contributed by atoms with Crippen molar-refractivity contribution in [3.63, 3.8) is 0 Å². The Morgan fingerprint density at radius 1 is 1.17 bits per heavy atom. The molecule has 1 saturated heterocycles. The number of piperazine rings is 1. The summed E-state index contributed by atoms with van der Waals surface area (Å²) in [4.78, 5) is 4.54. The van der Waals surface area contributed by atoms with E-state index in [1.165, 1.54) is 6.08 Å². The van der Waals surface area contributed by atoms with Crippen LogP contribution in [0.3, 0.4) is 0 Å². The van der Waals surface area contributed by atoms with E-state index in [2.05, 4.69) is 30.2 Å². The van der Waals surface area contributed by atoms with Crippen LogP contribution < -0.4 is 0 Å². The second-order valence-electron chi connectivity index (χ2n) is 7.36. The maximum absolute atomic E-state index is 13.5. The van der Waals surface area contributed by atoms with Crippen LogP contribution in [-0.4, -0.2) is 54.7 Å². The molecule has 5 heteroatoms. The van der Waals surface area contributed by atoms with Crippen molar-refractivity contribution in [3.8, 4) is 0 Å². The quantitative estimate of drug-likeness (QED) is 0.676. The van der Waals surface area contributed by atoms with E-state index in [4.69, 9.17) is 0 Å². The van der Waals surface area contributed by atoms with Gasteiger partial charge in [-0.15, -0.1) is 0 Å². The molecule has 2 rings (SSSR count). The molecule has 1 aliphatic heterocycles. The highest BCUT2D eigenvalue weighted by molar-refractivity contribution is 5.38. The number of rotatable bonds is 5. The third kappa shape index (κ3) is 5.21. The first-order valence-electron chi connectivity index (χ1n) is 8.76. The largest absolute Gasteiger partial charge is 0.416 e. The molecule has 0 atom stereocenters. The first kappa shape index (κ1) is 19.3. The Kier molecular flexibility index (Phi) is 6.32. The van der Waals surface area contributed by atoms with Gasteiger partial charge in [-0.3, -0.25) is 9.80 Å². The van der Waals surface area contributed by atoms with Crippen molar-refractivity contribution >= 4 is 0 Å². The monoisotopic (exact) mass is 342 g/mol. The second-order valence-corrected chi connectivity index (χ2v) is 7.36. The SMILES string of the molecule is C=C(C)CC1=CC(C(F)(F)F)=C(CN2CCN(C(C)C)CC2)CC1. The standard InChI is InChI=1S/C19H29F3N2/c1-14(2)11-16-5-6-17(18(12-16)19(20,21)22)13-23-7-9-24(10-8-23)15(3)4/h12,15H,1,5-11,13H2,2-4H3. The van der Waals surface area contributed by atoms with Crippen molar-refractivity contribution < 1.29 is 13.2 Å². The minimum atomic E-state index is -4.27. The van der Waals surface area contributed by atoms with E-state index in [-0.39, 0.29) is 0 Å². The maximum Gasteiger partial charge on any atom is 0.416 e. The zero-order chi connectivity index (χ0) is 17.9. The summed E-state index contributed by atoms with van der Waals surface area (Å²) < 4.78 is 40.4. The van der Waals surface area contributed by atoms with Crippen molar-refractivity contribution in [1.82, 2.24) is 9.80 Å². The third-order valence-corrected chi connectivity index (χ3v) is 4.86. The summed E-state index contributed by atoms with van der Waals surface area (Å²) in [6.07, 6.45) is -1.10. The van der Waals surface area contributed by atoms with Crippen molar-refractivity contribution in [2.45, 2.75) is 52.3 Å². The van der Waals surface area contributed by atoms with Gasteiger partial charge in [0.05, 0.1) is 5.57 Å². The average molecular weight is 342 g/mol. The van der Waals surface area contributed by atoms with Crippen molar-refractivity contribution in [3.05, 3.63) is 34.9 Å². The van der Waals surface area contributed by atoms with Crippen LogP contribution in [0.15, 0.2) is 34.9 Å². The van der Waals surface area contributed by atoms with Crippen LogP contribution in [0.2, 0.25) is 0 Å². The number of allylic oxidation sites excluding steroid dienone is 4. The van der Waals surface area contributed by atoms with E-state index < -0.39 is 11.7 Å². The molecule has 1 heterocycles. The fraction of sp³-hybridized carbons (Fsp3) is 0.684. The van der Waals surface area contributed by atoms with Gasteiger partial charge in [-0.05, 0) is 45.6 Å². The van der Waals surface area contributed by atoms with E-state index in [0.29, 0.717) is 37.4 Å². The van der Waals surface area contributed by atoms with E-state index in [1.807, 2.05) is 6.92 Å². The third-order valence-electron chi connectivity index (χ3n) is 4.86. The van der Waals surface area contributed by atoms with Crippen LogP contribution >= 0.6 is 0 Å². The Labute approximate surface area is 143 Å². The highest BCUT2D eigenvalue weighted by Gasteiger charge is 2.36. The minimum absolute atomic E-state index is 0.420. The lowest BCUT2D eigenvalue weighted by molar-refractivity contribution is -0.0897. The van der Waals surface area contributed by atoms with Gasteiger partial charge < -0.3 is 0 Å². The Bertz CT molecular complexity index is 521. The van der Waals surface area contributed by atoms with Gasteiger partial charge in [-0.1, -0.05) is 23.8 Å². The molecule has 0 radical (unpaired) electrons. The molecular formula is C19H29F3N2. The van der Waals surface area contributed by atoms with Crippen molar-refractivity contribution in [1.29, 1.82) is 0 Å². The smallest absolute Gasteiger partial charge is 0.298 e. The minimum Gasteiger partial charge on any atom is -0.298 e. The summed E-state index contributed by atoms with van der Waals surface area (Å²) in [5.74, 6) is 0. The Morgan fingerprint density at radius 3 is 2.29 bits per heavy atom. The van der Waals surface area contributed by atoms with Crippen LogP contribution in [0.25, 0.3) is 0 Å². The summed E-state index contributed by atoms with van der Waals surface area (Å²) in [6, 6.07) is 0.499. The van der Waals surface area contributed by atoms with E-state index in [1.54, 1.807) is 0 Å². The molecular weight excluding hydrogens is 313 g/mol. The second kappa shape index (κ2) is 7.87. The normalized spacial score (nSPS) is 21.4. The van der Waals surface area contributed by atoms with Gasteiger partial charge in [0.2, 0.25) is 0 Å². The van der Waals surface area contributed by atoms with E-state index in [0.717, 1.165) is 37.3 Å². The predicted molar refractivity (Wildman–Crippen MR) is 93.0 cm³/mol. The molecule has 2 nitrogen and oxygen atoms in total. The lowest BCUT2D eigenvalue weighted by atomic mass is 9.88. The van der Waals surface area contributed by atoms with Gasteiger partial charge in [0.15, 0.2) is 0 Å². The molecule has 0 aromatic carbocycles. The molecule has 0 spiro atoms. The molecule has 2 aliphatic rings. The molecule has 0 N–H and O–H groups in total. The predicted octanol–water partition coefficient (Wildman–Crippen LogP) is 4.56. The number of hydrogen-bond acceptors (Lipinski definition) is 2. The molecule has 0 aromatic rings. The summed E-state index contributed by atoms with van der Waals surface area (Å²) in [6.45, 7) is 14.0. The fourth-order valence-electron chi connectivity index (χ4n) is 3.51. The van der Waals surface area contributed by atoms with E-state index in [9.17, 15) is 13.2 Å². The maximum atomic E-state index is 13.5. The van der Waals surface area contributed by atoms with Gasteiger partial charge in [0, 0.05) is 38.8 Å². The zero-order valence-corrected chi connectivity index (χ0v) is 15.0. The highest BCUT2D eigenvalue weighted by Crippen LogP contribution is 2.37. The van der Waals surface area contributed by atoms with Gasteiger partial charge >= 0.3 is 6.18 Å². The molecule has 0 aromatic heterocycles. The topological polar surface area (TPSA) is 6.48 Å². The molecule has 0 unspecified atom stereocenters. The number of alkyl halides is 3. The van der Waals surface area contributed by atoms with Gasteiger partial charge in [-0.2, -0.15) is 13.2 Å². The molecule has 0 bridgehead atoms. The number of nitrogens with zero attached hydrogens (tertiary/aromatic N) is 2. The summed E-state index contributed by atoms with van der Waals surface area (Å²) in [5.41, 5.74) is 1.89. The van der Waals surface area contributed by atoms with Crippen molar-refractivity contribution in [2.75, 3.05) is 32.7 Å². The van der Waals surface area contributed by atoms with Gasteiger partial charge in [0.25, 0.3) is 0 Å². The van der Waals surface area contributed by atoms with E-state index >= 15 is 0 Å². The molecule has 24 heavy (non-hydrogen) atoms. The Hall–Kier alpha value is -1.07. The lowest BCUT2D eigenvalue weighted by Crippen LogP contribution is -2.49. The number of halogens is 3. The van der Waals surface area contributed by atoms with Crippen LogP contribution in [0.1, 0.15) is 40.0 Å². The molecule has 1 fully saturated rings. The highest BCUT2D eigenvalue weighted by atomic mass is 19.4. The van der Waals surface area contributed by atoms with Gasteiger partial charge in [0.1, 0.15) is 0 Å². The Morgan fingerprint density at radius 2 is 1.79 bits per heavy atom. The first-order chi connectivity index (χ1) is 11.2. The fourth-order valence-corrected chi connectivity index (χ4v) is 3.51. The molecule has 1 aliphatic carbocycles. The van der Waals surface area contributed by atoms with Crippen LogP contribution in [0.4, 0.5) is 13.2 Å². The van der Waals surface area contributed by atoms with Crippen molar-refractivity contribution in [2.24, 2.45) is 0 Å². The average Bonchev–Trinajstić information content (AvgIpc) is 2.47.